The Morgan fingerprint density at radius 2 is 1.48 bits per heavy atom. The summed E-state index contributed by atoms with van der Waals surface area (Å²) >= 11 is 0. The molecule has 18 nitrogen and oxygen atoms in total. The summed E-state index contributed by atoms with van der Waals surface area (Å²) in [5.74, 6) is 0.997. The molecule has 79 heavy (non-hydrogen) atoms. The number of carbonyl (C=O) groups excluding carboxylic acids is 5. The fourth-order valence-corrected chi connectivity index (χ4v) is 11.7. The number of aliphatic hydroxyl groups is 1. The van der Waals surface area contributed by atoms with Gasteiger partial charge in [-0.25, -0.2) is 9.97 Å². The number of methoxy groups -OCH3 is 2. The molecule has 1 aliphatic rings. The molecule has 4 N–H and O–H groups in total. The summed E-state index contributed by atoms with van der Waals surface area (Å²) in [6.45, 7) is 9.18. The lowest BCUT2D eigenvalue weighted by Gasteiger charge is -2.38. The maximum atomic E-state index is 13.9. The van der Waals surface area contributed by atoms with Gasteiger partial charge in [-0.2, -0.15) is 4.98 Å². The Bertz CT molecular complexity index is 3040. The zero-order valence-corrected chi connectivity index (χ0v) is 47.4. The molecule has 4 atom stereocenters. The van der Waals surface area contributed by atoms with Crippen molar-refractivity contribution in [3.8, 4) is 11.5 Å². The van der Waals surface area contributed by atoms with Crippen molar-refractivity contribution in [3.05, 3.63) is 148 Å². The summed E-state index contributed by atoms with van der Waals surface area (Å²) in [6.07, 6.45) is 4.06. The van der Waals surface area contributed by atoms with Crippen LogP contribution in [0.2, 0.25) is 0 Å². The van der Waals surface area contributed by atoms with Crippen molar-refractivity contribution in [2.24, 2.45) is 5.92 Å². The van der Waals surface area contributed by atoms with Gasteiger partial charge in [0.05, 0.1) is 51.4 Å². The quantitative estimate of drug-likeness (QED) is 0.0215. The topological polar surface area (TPSA) is 235 Å². The number of carbonyl (C=O) groups is 5. The first-order valence-corrected chi connectivity index (χ1v) is 28.9. The molecule has 4 aromatic carbocycles. The third kappa shape index (κ3) is 15.8. The summed E-state index contributed by atoms with van der Waals surface area (Å²) in [4.78, 5) is 96.1. The summed E-state index contributed by atoms with van der Waals surface area (Å²) < 4.78 is 18.1. The molecule has 1 saturated heterocycles. The van der Waals surface area contributed by atoms with Crippen molar-refractivity contribution >= 4 is 73.8 Å². The van der Waals surface area contributed by atoms with E-state index >= 15 is 0 Å². The number of nitrogens with zero attached hydrogens (tertiary/aromatic N) is 5. The van der Waals surface area contributed by atoms with Crippen molar-refractivity contribution in [2.45, 2.75) is 115 Å². The number of ether oxygens (including phenoxy) is 3. The Labute approximate surface area is 468 Å². The van der Waals surface area contributed by atoms with E-state index in [4.69, 9.17) is 14.2 Å². The number of anilines is 2. The number of nitrogens with one attached hydrogen (secondary N) is 3. The Morgan fingerprint density at radius 3 is 2.10 bits per heavy atom. The van der Waals surface area contributed by atoms with E-state index in [1.807, 2.05) is 85.8 Å². The maximum Gasteiger partial charge on any atom is 0.280 e. The van der Waals surface area contributed by atoms with Crippen LogP contribution >= 0.6 is 21.6 Å². The Kier molecular flexibility index (Phi) is 21.2. The van der Waals surface area contributed by atoms with Gasteiger partial charge in [-0.05, 0) is 97.8 Å². The van der Waals surface area contributed by atoms with Gasteiger partial charge >= 0.3 is 0 Å². The summed E-state index contributed by atoms with van der Waals surface area (Å²) in [5.41, 5.74) is 2.21. The third-order valence-electron chi connectivity index (χ3n) is 13.7. The summed E-state index contributed by atoms with van der Waals surface area (Å²) in [5, 5.41) is 16.6. The molecule has 6 aromatic rings. The second-order valence-electron chi connectivity index (χ2n) is 20.0. The van der Waals surface area contributed by atoms with Crippen LogP contribution in [0.3, 0.4) is 0 Å². The molecule has 4 amide bonds. The molecule has 0 saturated carbocycles. The highest BCUT2D eigenvalue weighted by molar-refractivity contribution is 8.76. The standard InChI is InChI=1S/C59H70N8O10S2/c1-37(2)55(72)64-58-63-54-53(57(74)65-58)62-45(33-60-54)34-66(40(5)68)46-23-17-41(18-24-46)56(73)61-38(3)15-25-48(69)14-11-31-78-79-39(4)16-30-52(71)67-35-49(70)32-47(67)36-77-59(42-12-9-8-10-13-42,43-19-26-50(75-6)27-20-43)44-21-28-51(76-7)29-22-44/h8-10,12-13,17-24,26-29,33,37-39,47,49,70H,11,14-16,25,30-32,34-36H2,1-7H3,(H,61,73)(H2,60,63,64,65,72,74)/t38-,39?,47+,49-/m1/s1. The first-order chi connectivity index (χ1) is 38.0. The van der Waals surface area contributed by atoms with Crippen molar-refractivity contribution < 1.29 is 43.3 Å². The van der Waals surface area contributed by atoms with Gasteiger partial charge in [-0.15, -0.1) is 0 Å². The number of β-amino-alcohol motifs (C(OH)–C–C–N with tert-alkyl or cyclic N) is 1. The Hall–Kier alpha value is -7.13. The van der Waals surface area contributed by atoms with Crippen LogP contribution in [0.15, 0.2) is 114 Å². The number of Topliss-reactive ketones (excluding diaryl/α,β-unsaturated/α-hetero) is 1. The lowest BCUT2D eigenvalue weighted by Crippen LogP contribution is -2.42. The van der Waals surface area contributed by atoms with E-state index in [-0.39, 0.29) is 89.5 Å². The molecular formula is C59H70N8O10S2. The van der Waals surface area contributed by atoms with Crippen molar-refractivity contribution in [1.82, 2.24) is 30.2 Å². The highest BCUT2D eigenvalue weighted by Crippen LogP contribution is 2.42. The number of rotatable bonds is 27. The fourth-order valence-electron chi connectivity index (χ4n) is 9.23. The Morgan fingerprint density at radius 1 is 0.835 bits per heavy atom. The monoisotopic (exact) mass is 1110 g/mol. The minimum absolute atomic E-state index is 0.0117. The van der Waals surface area contributed by atoms with Crippen LogP contribution in [0.1, 0.15) is 112 Å². The number of aromatic amines is 1. The molecule has 0 radical (unpaired) electrons. The molecule has 1 aliphatic heterocycles. The average molecular weight is 1120 g/mol. The molecule has 1 unspecified atom stereocenters. The Balaban J connectivity index is 0.823. The van der Waals surface area contributed by atoms with Crippen molar-refractivity contribution in [1.29, 1.82) is 0 Å². The number of likely N-dealkylation sites (tertiary alicyclic amines) is 1. The van der Waals surface area contributed by atoms with Gasteiger partial charge in [-0.1, -0.05) is 97.0 Å². The first kappa shape index (κ1) is 59.5. The zero-order chi connectivity index (χ0) is 56.6. The number of aromatic nitrogens is 4. The smallest absolute Gasteiger partial charge is 0.280 e. The number of H-pyrrole nitrogens is 1. The molecule has 1 fully saturated rings. The molecule has 2 aromatic heterocycles. The van der Waals surface area contributed by atoms with Gasteiger partial charge < -0.3 is 34.4 Å². The minimum atomic E-state index is -1.05. The molecule has 3 heterocycles. The first-order valence-electron chi connectivity index (χ1n) is 26.5. The predicted octanol–water partition coefficient (Wildman–Crippen LogP) is 8.65. The van der Waals surface area contributed by atoms with E-state index in [9.17, 15) is 33.9 Å². The molecule has 418 valence electrons. The third-order valence-corrected chi connectivity index (χ3v) is 16.7. The number of fused-ring (bicyclic) bond motifs is 1. The second kappa shape index (κ2) is 28.1. The SMILES string of the molecule is COc1ccc(C(OC[C@@H]2C[C@@H](O)CN2C(=O)CCC(C)SSCCCC(=O)CC[C@@H](C)NC(=O)c2ccc(N(Cc3cnc4nc(NC(=O)C(C)C)[nH]c(=O)c4n3)C(C)=O)cc2)(c2ccccc2)c2ccc(OC)cc2)cc1. The van der Waals surface area contributed by atoms with Gasteiger partial charge in [-0.3, -0.25) is 39.1 Å². The fraction of sp³-hybridized carbons (Fsp3) is 0.407. The second-order valence-corrected chi connectivity index (χ2v) is 22.9. The predicted molar refractivity (Wildman–Crippen MR) is 308 cm³/mol. The number of benzene rings is 4. The highest BCUT2D eigenvalue weighted by Gasteiger charge is 2.41. The van der Waals surface area contributed by atoms with Crippen molar-refractivity contribution in [3.63, 3.8) is 0 Å². The van der Waals surface area contributed by atoms with Crippen molar-refractivity contribution in [2.75, 3.05) is 43.3 Å². The van der Waals surface area contributed by atoms with Crippen LogP contribution in [0.5, 0.6) is 11.5 Å². The normalized spacial score (nSPS) is 15.1. The van der Waals surface area contributed by atoms with Gasteiger partial charge in [0.2, 0.25) is 23.7 Å². The van der Waals surface area contributed by atoms with Crippen LogP contribution in [-0.2, 0) is 36.1 Å². The summed E-state index contributed by atoms with van der Waals surface area (Å²) in [6, 6.07) is 31.5. The molecule has 0 bridgehead atoms. The van der Waals surface area contributed by atoms with Crippen LogP contribution in [-0.4, -0.2) is 116 Å². The number of ketones is 1. The molecular weight excluding hydrogens is 1040 g/mol. The van der Waals surface area contributed by atoms with Crippen LogP contribution < -0.4 is 30.6 Å². The molecule has 20 heteroatoms. The zero-order valence-electron chi connectivity index (χ0n) is 45.7. The van der Waals surface area contributed by atoms with Gasteiger partial charge in [0.15, 0.2) is 11.2 Å². The van der Waals surface area contributed by atoms with E-state index in [1.54, 1.807) is 78.8 Å². The van der Waals surface area contributed by atoms with Gasteiger partial charge in [0.1, 0.15) is 22.9 Å². The van der Waals surface area contributed by atoms with E-state index in [0.717, 1.165) is 22.4 Å². The van der Waals surface area contributed by atoms with Gasteiger partial charge in [0.25, 0.3) is 11.5 Å². The minimum Gasteiger partial charge on any atom is -0.497 e. The lowest BCUT2D eigenvalue weighted by molar-refractivity contribution is -0.134. The number of amides is 4. The maximum absolute atomic E-state index is 13.9. The summed E-state index contributed by atoms with van der Waals surface area (Å²) in [7, 11) is 6.65. The highest BCUT2D eigenvalue weighted by atomic mass is 33.1. The van der Waals surface area contributed by atoms with Crippen LogP contribution in [0.25, 0.3) is 11.2 Å². The number of hydrogen-bond acceptors (Lipinski definition) is 15. The van der Waals surface area contributed by atoms with E-state index < -0.39 is 17.3 Å². The van der Waals surface area contributed by atoms with Crippen LogP contribution in [0, 0.1) is 5.92 Å². The van der Waals surface area contributed by atoms with E-state index in [1.165, 1.54) is 18.0 Å². The van der Waals surface area contributed by atoms with E-state index in [0.29, 0.717) is 73.4 Å². The average Bonchev–Trinajstić information content (AvgIpc) is 3.86. The molecule has 0 spiro atoms. The molecule has 0 aliphatic carbocycles. The number of aliphatic hydroxyl groups excluding tert-OH is 1. The molecule has 7 rings (SSSR count). The van der Waals surface area contributed by atoms with Crippen LogP contribution in [0.4, 0.5) is 11.6 Å². The number of hydrogen-bond donors (Lipinski definition) is 4. The lowest BCUT2D eigenvalue weighted by atomic mass is 9.80. The largest absolute Gasteiger partial charge is 0.497 e. The van der Waals surface area contributed by atoms with E-state index in [2.05, 4.69) is 37.5 Å². The van der Waals surface area contributed by atoms with Gasteiger partial charge in [0, 0.05) is 66.9 Å².